The maximum atomic E-state index is 8.71. The van der Waals surface area contributed by atoms with Crippen molar-refractivity contribution in [3.63, 3.8) is 0 Å². The van der Waals surface area contributed by atoms with Crippen LogP contribution in [0.25, 0.3) is 21.0 Å². The van der Waals surface area contributed by atoms with Crippen LogP contribution < -0.4 is 0 Å². The molecule has 2 nitrogen and oxygen atoms in total. The van der Waals surface area contributed by atoms with Crippen LogP contribution in [0.3, 0.4) is 0 Å². The molecule has 1 N–H and O–H groups in total. The molecule has 0 saturated carbocycles. The lowest BCUT2D eigenvalue weighted by Gasteiger charge is -1.96. The van der Waals surface area contributed by atoms with Crippen LogP contribution in [0.15, 0.2) is 36.4 Å². The average Bonchev–Trinajstić information content (AvgIpc) is 2.82. The number of fused-ring (bicyclic) bond motifs is 3. The van der Waals surface area contributed by atoms with Gasteiger partial charge in [0.1, 0.15) is 0 Å². The Kier molecular flexibility index (Phi) is 2.97. The molecule has 0 unspecified atom stereocenters. The van der Waals surface area contributed by atoms with Gasteiger partial charge in [-0.25, -0.2) is 4.98 Å². The number of aliphatic hydroxyl groups excluding tert-OH is 1. The van der Waals surface area contributed by atoms with Crippen LogP contribution in [-0.4, -0.2) is 16.7 Å². The zero-order valence-electron chi connectivity index (χ0n) is 9.68. The topological polar surface area (TPSA) is 33.1 Å². The Morgan fingerprint density at radius 2 is 2.06 bits per heavy atom. The molecule has 0 atom stereocenters. The van der Waals surface area contributed by atoms with E-state index in [0.717, 1.165) is 15.2 Å². The lowest BCUT2D eigenvalue weighted by Crippen LogP contribution is -1.77. The molecular formula is C15H11NOS. The van der Waals surface area contributed by atoms with E-state index in [0.29, 0.717) is 6.42 Å². The van der Waals surface area contributed by atoms with Crippen LogP contribution in [0.1, 0.15) is 11.4 Å². The fourth-order valence-corrected chi connectivity index (χ4v) is 2.77. The van der Waals surface area contributed by atoms with E-state index in [1.165, 1.54) is 10.8 Å². The molecule has 0 bridgehead atoms. The standard InChI is InChI=1S/C15H11NOS/c17-10-4-3-7-14-16-15-12-6-2-1-5-11(12)8-9-13(15)18-14/h1-2,5-6,8-9,17H,4,10H2. The molecule has 0 saturated heterocycles. The number of aromatic nitrogens is 1. The highest BCUT2D eigenvalue weighted by Gasteiger charge is 2.05. The Hall–Kier alpha value is -1.89. The van der Waals surface area contributed by atoms with Gasteiger partial charge in [0.2, 0.25) is 0 Å². The summed E-state index contributed by atoms with van der Waals surface area (Å²) in [7, 11) is 0. The minimum Gasteiger partial charge on any atom is -0.395 e. The van der Waals surface area contributed by atoms with E-state index in [9.17, 15) is 0 Å². The van der Waals surface area contributed by atoms with Gasteiger partial charge in [0.05, 0.1) is 16.8 Å². The smallest absolute Gasteiger partial charge is 0.168 e. The molecular weight excluding hydrogens is 242 g/mol. The van der Waals surface area contributed by atoms with Gasteiger partial charge >= 0.3 is 0 Å². The molecule has 2 aromatic carbocycles. The van der Waals surface area contributed by atoms with Crippen molar-refractivity contribution in [2.24, 2.45) is 0 Å². The zero-order valence-corrected chi connectivity index (χ0v) is 10.5. The first kappa shape index (κ1) is 11.2. The first-order chi connectivity index (χ1) is 8.88. The van der Waals surface area contributed by atoms with Gasteiger partial charge in [-0.15, -0.1) is 11.3 Å². The Morgan fingerprint density at radius 3 is 2.94 bits per heavy atom. The molecule has 88 valence electrons. The van der Waals surface area contributed by atoms with Crippen LogP contribution in [0, 0.1) is 11.8 Å². The van der Waals surface area contributed by atoms with Crippen molar-refractivity contribution in [1.29, 1.82) is 0 Å². The summed E-state index contributed by atoms with van der Waals surface area (Å²) in [6.07, 6.45) is 0.497. The molecule has 0 fully saturated rings. The number of aliphatic hydroxyl groups is 1. The number of thiazole rings is 1. The summed E-state index contributed by atoms with van der Waals surface area (Å²) in [6, 6.07) is 12.4. The summed E-state index contributed by atoms with van der Waals surface area (Å²) >= 11 is 1.60. The van der Waals surface area contributed by atoms with E-state index < -0.39 is 0 Å². The Bertz CT molecular complexity index is 764. The van der Waals surface area contributed by atoms with Gasteiger partial charge in [0.25, 0.3) is 0 Å². The Morgan fingerprint density at radius 1 is 1.17 bits per heavy atom. The molecule has 3 heteroatoms. The van der Waals surface area contributed by atoms with E-state index in [1.54, 1.807) is 11.3 Å². The molecule has 0 aliphatic carbocycles. The third-order valence-electron chi connectivity index (χ3n) is 2.72. The second kappa shape index (κ2) is 4.77. The highest BCUT2D eigenvalue weighted by molar-refractivity contribution is 7.19. The maximum Gasteiger partial charge on any atom is 0.168 e. The minimum absolute atomic E-state index is 0.0980. The summed E-state index contributed by atoms with van der Waals surface area (Å²) in [4.78, 5) is 4.58. The average molecular weight is 253 g/mol. The first-order valence-corrected chi connectivity index (χ1v) is 6.58. The van der Waals surface area contributed by atoms with Crippen molar-refractivity contribution in [2.45, 2.75) is 6.42 Å². The molecule has 3 aromatic rings. The highest BCUT2D eigenvalue weighted by atomic mass is 32.1. The van der Waals surface area contributed by atoms with Gasteiger partial charge in [-0.2, -0.15) is 0 Å². The van der Waals surface area contributed by atoms with E-state index in [1.807, 2.05) is 12.1 Å². The largest absolute Gasteiger partial charge is 0.395 e. The quantitative estimate of drug-likeness (QED) is 0.676. The summed E-state index contributed by atoms with van der Waals surface area (Å²) in [6.45, 7) is 0.0980. The Labute approximate surface area is 109 Å². The van der Waals surface area contributed by atoms with Gasteiger partial charge in [-0.05, 0) is 17.4 Å². The van der Waals surface area contributed by atoms with Crippen molar-refractivity contribution in [3.8, 4) is 11.8 Å². The summed E-state index contributed by atoms with van der Waals surface area (Å²) < 4.78 is 1.15. The summed E-state index contributed by atoms with van der Waals surface area (Å²) in [5, 5.41) is 11.9. The van der Waals surface area contributed by atoms with Crippen LogP contribution >= 0.6 is 11.3 Å². The number of hydrogen-bond acceptors (Lipinski definition) is 3. The van der Waals surface area contributed by atoms with Gasteiger partial charge in [-0.3, -0.25) is 0 Å². The van der Waals surface area contributed by atoms with E-state index in [4.69, 9.17) is 5.11 Å². The van der Waals surface area contributed by atoms with Gasteiger partial charge in [0.15, 0.2) is 5.01 Å². The number of nitrogens with zero attached hydrogens (tertiary/aromatic N) is 1. The molecule has 0 radical (unpaired) electrons. The first-order valence-electron chi connectivity index (χ1n) is 5.76. The van der Waals surface area contributed by atoms with E-state index >= 15 is 0 Å². The van der Waals surface area contributed by atoms with Crippen molar-refractivity contribution in [2.75, 3.05) is 6.61 Å². The zero-order chi connectivity index (χ0) is 12.4. The fourth-order valence-electron chi connectivity index (χ4n) is 1.91. The normalized spacial score (nSPS) is 10.5. The van der Waals surface area contributed by atoms with Crippen LogP contribution in [-0.2, 0) is 0 Å². The fraction of sp³-hybridized carbons (Fsp3) is 0.133. The number of hydrogen-bond donors (Lipinski definition) is 1. The third kappa shape index (κ3) is 1.97. The van der Waals surface area contributed by atoms with Gasteiger partial charge in [0, 0.05) is 11.8 Å². The molecule has 1 heterocycles. The molecule has 1 aromatic heterocycles. The van der Waals surface area contributed by atoms with E-state index in [-0.39, 0.29) is 6.61 Å². The molecule has 0 amide bonds. The van der Waals surface area contributed by atoms with Crippen LogP contribution in [0.5, 0.6) is 0 Å². The second-order valence-electron chi connectivity index (χ2n) is 3.93. The predicted molar refractivity (Wildman–Crippen MR) is 75.7 cm³/mol. The van der Waals surface area contributed by atoms with Gasteiger partial charge in [-0.1, -0.05) is 36.3 Å². The predicted octanol–water partition coefficient (Wildman–Crippen LogP) is 3.18. The monoisotopic (exact) mass is 253 g/mol. The lowest BCUT2D eigenvalue weighted by molar-refractivity contribution is 0.305. The molecule has 0 spiro atoms. The van der Waals surface area contributed by atoms with Crippen LogP contribution in [0.4, 0.5) is 0 Å². The van der Waals surface area contributed by atoms with Crippen LogP contribution in [0.2, 0.25) is 0 Å². The molecule has 0 aliphatic rings. The second-order valence-corrected chi connectivity index (χ2v) is 4.96. The molecule has 0 aliphatic heterocycles. The van der Waals surface area contributed by atoms with Crippen molar-refractivity contribution >= 4 is 32.3 Å². The minimum atomic E-state index is 0.0980. The molecule has 18 heavy (non-hydrogen) atoms. The lowest BCUT2D eigenvalue weighted by atomic mass is 10.1. The Balaban J connectivity index is 2.17. The maximum absolute atomic E-state index is 8.71. The highest BCUT2D eigenvalue weighted by Crippen LogP contribution is 2.28. The van der Waals surface area contributed by atoms with Gasteiger partial charge < -0.3 is 5.11 Å². The van der Waals surface area contributed by atoms with E-state index in [2.05, 4.69) is 41.1 Å². The third-order valence-corrected chi connectivity index (χ3v) is 3.65. The molecule has 3 rings (SSSR count). The SMILES string of the molecule is OCCC#Cc1nc2c(ccc3ccccc32)s1. The summed E-state index contributed by atoms with van der Waals surface area (Å²) in [5.41, 5.74) is 1.02. The summed E-state index contributed by atoms with van der Waals surface area (Å²) in [5.74, 6) is 5.91. The van der Waals surface area contributed by atoms with Crippen molar-refractivity contribution in [1.82, 2.24) is 4.98 Å². The number of benzene rings is 2. The number of rotatable bonds is 1. The van der Waals surface area contributed by atoms with Crippen molar-refractivity contribution in [3.05, 3.63) is 41.4 Å². The van der Waals surface area contributed by atoms with Crippen molar-refractivity contribution < 1.29 is 5.11 Å².